The van der Waals surface area contributed by atoms with Gasteiger partial charge < -0.3 is 5.73 Å². The molecule has 0 radical (unpaired) electrons. The molecule has 3 rings (SSSR count). The van der Waals surface area contributed by atoms with Gasteiger partial charge in [-0.15, -0.1) is 5.10 Å². The standard InChI is InChI=1S/C12H14FN5/c1-2-7-5-11(7)18-12(15-16-17-18)9-4-3-8(14)6-10(9)13/h3-4,6-7,11H,2,5,14H2,1H3. The van der Waals surface area contributed by atoms with Gasteiger partial charge in [-0.1, -0.05) is 13.3 Å². The van der Waals surface area contributed by atoms with Gasteiger partial charge in [0.15, 0.2) is 5.82 Å². The van der Waals surface area contributed by atoms with E-state index in [0.29, 0.717) is 29.0 Å². The van der Waals surface area contributed by atoms with Crippen molar-refractivity contribution in [1.82, 2.24) is 20.2 Å². The van der Waals surface area contributed by atoms with Gasteiger partial charge in [-0.3, -0.25) is 0 Å². The summed E-state index contributed by atoms with van der Waals surface area (Å²) in [5.41, 5.74) is 6.33. The van der Waals surface area contributed by atoms with E-state index in [0.717, 1.165) is 12.8 Å². The zero-order valence-corrected chi connectivity index (χ0v) is 10.0. The smallest absolute Gasteiger partial charge is 0.185 e. The van der Waals surface area contributed by atoms with Gasteiger partial charge in [-0.05, 0) is 41.0 Å². The van der Waals surface area contributed by atoms with Gasteiger partial charge >= 0.3 is 0 Å². The maximum Gasteiger partial charge on any atom is 0.185 e. The minimum absolute atomic E-state index is 0.303. The van der Waals surface area contributed by atoms with Crippen molar-refractivity contribution in [3.8, 4) is 11.4 Å². The Bertz CT molecular complexity index is 580. The molecule has 0 bridgehead atoms. The lowest BCUT2D eigenvalue weighted by molar-refractivity contribution is 0.560. The van der Waals surface area contributed by atoms with Crippen molar-refractivity contribution in [1.29, 1.82) is 0 Å². The van der Waals surface area contributed by atoms with Crippen LogP contribution in [0.3, 0.4) is 0 Å². The van der Waals surface area contributed by atoms with Crippen LogP contribution in [0.1, 0.15) is 25.8 Å². The van der Waals surface area contributed by atoms with Crippen LogP contribution in [0.5, 0.6) is 0 Å². The monoisotopic (exact) mass is 247 g/mol. The fourth-order valence-corrected chi connectivity index (χ4v) is 2.28. The Morgan fingerprint density at radius 3 is 3.00 bits per heavy atom. The van der Waals surface area contributed by atoms with E-state index in [2.05, 4.69) is 22.4 Å². The maximum absolute atomic E-state index is 13.9. The minimum atomic E-state index is -0.389. The normalized spacial score (nSPS) is 22.1. The quantitative estimate of drug-likeness (QED) is 0.842. The SMILES string of the molecule is CCC1CC1n1nnnc1-c1ccc(N)cc1F. The van der Waals surface area contributed by atoms with E-state index in [4.69, 9.17) is 5.73 Å². The molecule has 1 fully saturated rings. The number of tetrazole rings is 1. The molecule has 0 amide bonds. The molecule has 1 saturated carbocycles. The average molecular weight is 247 g/mol. The highest BCUT2D eigenvalue weighted by atomic mass is 19.1. The van der Waals surface area contributed by atoms with Gasteiger partial charge in [-0.2, -0.15) is 0 Å². The number of aromatic nitrogens is 4. The van der Waals surface area contributed by atoms with E-state index in [-0.39, 0.29) is 5.82 Å². The molecule has 0 spiro atoms. The fourth-order valence-electron chi connectivity index (χ4n) is 2.28. The summed E-state index contributed by atoms with van der Waals surface area (Å²) in [5.74, 6) is 0.692. The largest absolute Gasteiger partial charge is 0.399 e. The zero-order valence-electron chi connectivity index (χ0n) is 10.0. The summed E-state index contributed by atoms with van der Waals surface area (Å²) in [5, 5.41) is 11.6. The van der Waals surface area contributed by atoms with E-state index >= 15 is 0 Å². The van der Waals surface area contributed by atoms with E-state index in [1.165, 1.54) is 6.07 Å². The lowest BCUT2D eigenvalue weighted by Gasteiger charge is -2.05. The number of benzene rings is 1. The van der Waals surface area contributed by atoms with Crippen LogP contribution < -0.4 is 5.73 Å². The Balaban J connectivity index is 2.00. The predicted octanol–water partition coefficient (Wildman–Crippen LogP) is 2.03. The van der Waals surface area contributed by atoms with Crippen molar-refractivity contribution in [2.75, 3.05) is 5.73 Å². The number of rotatable bonds is 3. The van der Waals surface area contributed by atoms with Crippen LogP contribution in [0.4, 0.5) is 10.1 Å². The number of nitrogens with zero attached hydrogens (tertiary/aromatic N) is 4. The predicted molar refractivity (Wildman–Crippen MR) is 65.1 cm³/mol. The summed E-state index contributed by atoms with van der Waals surface area (Å²) in [6.07, 6.45) is 2.15. The first-order chi connectivity index (χ1) is 8.70. The third-order valence-electron chi connectivity index (χ3n) is 3.45. The number of anilines is 1. The van der Waals surface area contributed by atoms with Crippen LogP contribution in [0.2, 0.25) is 0 Å². The van der Waals surface area contributed by atoms with E-state index in [1.54, 1.807) is 16.8 Å². The van der Waals surface area contributed by atoms with Gasteiger partial charge in [0, 0.05) is 5.69 Å². The molecule has 6 heteroatoms. The fraction of sp³-hybridized carbons (Fsp3) is 0.417. The van der Waals surface area contributed by atoms with Crippen molar-refractivity contribution in [3.05, 3.63) is 24.0 Å². The molecule has 18 heavy (non-hydrogen) atoms. The molecule has 0 saturated heterocycles. The number of nitrogens with two attached hydrogens (primary N) is 1. The minimum Gasteiger partial charge on any atom is -0.399 e. The Morgan fingerprint density at radius 1 is 1.50 bits per heavy atom. The Labute approximate surface area is 104 Å². The van der Waals surface area contributed by atoms with Gasteiger partial charge in [0.1, 0.15) is 5.82 Å². The third kappa shape index (κ3) is 1.73. The number of hydrogen-bond donors (Lipinski definition) is 1. The topological polar surface area (TPSA) is 69.6 Å². The Morgan fingerprint density at radius 2 is 2.33 bits per heavy atom. The first-order valence-corrected chi connectivity index (χ1v) is 6.04. The third-order valence-corrected chi connectivity index (χ3v) is 3.45. The number of nitrogen functional groups attached to an aromatic ring is 1. The molecular weight excluding hydrogens is 233 g/mol. The van der Waals surface area contributed by atoms with E-state index in [1.807, 2.05) is 0 Å². The van der Waals surface area contributed by atoms with Gasteiger partial charge in [0.2, 0.25) is 0 Å². The zero-order chi connectivity index (χ0) is 12.7. The van der Waals surface area contributed by atoms with Gasteiger partial charge in [0.25, 0.3) is 0 Å². The molecule has 2 aromatic rings. The van der Waals surface area contributed by atoms with Crippen LogP contribution in [-0.4, -0.2) is 20.2 Å². The average Bonchev–Trinajstić information content (AvgIpc) is 2.98. The van der Waals surface area contributed by atoms with Crippen molar-refractivity contribution < 1.29 is 4.39 Å². The summed E-state index contributed by atoms with van der Waals surface area (Å²) in [6.45, 7) is 2.14. The molecule has 2 N–H and O–H groups in total. The summed E-state index contributed by atoms with van der Waals surface area (Å²) in [7, 11) is 0. The highest BCUT2D eigenvalue weighted by molar-refractivity contribution is 5.59. The lowest BCUT2D eigenvalue weighted by Crippen LogP contribution is -2.03. The molecular formula is C12H14FN5. The van der Waals surface area contributed by atoms with Crippen LogP contribution in [0.25, 0.3) is 11.4 Å². The molecule has 94 valence electrons. The summed E-state index contributed by atoms with van der Waals surface area (Å²) >= 11 is 0. The summed E-state index contributed by atoms with van der Waals surface area (Å²) in [6, 6.07) is 4.87. The van der Waals surface area contributed by atoms with Crippen molar-refractivity contribution >= 4 is 5.69 Å². The van der Waals surface area contributed by atoms with Crippen molar-refractivity contribution in [2.45, 2.75) is 25.8 Å². The molecule has 1 aromatic heterocycles. The van der Waals surface area contributed by atoms with E-state index < -0.39 is 0 Å². The number of hydrogen-bond acceptors (Lipinski definition) is 4. The van der Waals surface area contributed by atoms with Crippen molar-refractivity contribution in [3.63, 3.8) is 0 Å². The molecule has 1 aliphatic carbocycles. The molecule has 1 aliphatic rings. The second-order valence-electron chi connectivity index (χ2n) is 4.66. The Kier molecular flexibility index (Phi) is 2.50. The number of halogens is 1. The summed E-state index contributed by atoms with van der Waals surface area (Å²) in [4.78, 5) is 0. The second kappa shape index (κ2) is 4.04. The molecule has 2 atom stereocenters. The van der Waals surface area contributed by atoms with Crippen molar-refractivity contribution in [2.24, 2.45) is 5.92 Å². The molecule has 0 aliphatic heterocycles. The molecule has 2 unspecified atom stereocenters. The molecule has 5 nitrogen and oxygen atoms in total. The first kappa shape index (κ1) is 11.1. The van der Waals surface area contributed by atoms with Gasteiger partial charge in [0.05, 0.1) is 11.6 Å². The maximum atomic E-state index is 13.9. The van der Waals surface area contributed by atoms with Crippen LogP contribution >= 0.6 is 0 Å². The highest BCUT2D eigenvalue weighted by Crippen LogP contribution is 2.46. The van der Waals surface area contributed by atoms with Crippen LogP contribution in [0, 0.1) is 11.7 Å². The Hall–Kier alpha value is -1.98. The molecule has 1 aromatic carbocycles. The van der Waals surface area contributed by atoms with E-state index in [9.17, 15) is 4.39 Å². The molecule has 1 heterocycles. The summed E-state index contributed by atoms with van der Waals surface area (Å²) < 4.78 is 15.6. The highest BCUT2D eigenvalue weighted by Gasteiger charge is 2.40. The lowest BCUT2D eigenvalue weighted by atomic mass is 10.2. The van der Waals surface area contributed by atoms with Crippen LogP contribution in [0.15, 0.2) is 18.2 Å². The first-order valence-electron chi connectivity index (χ1n) is 6.04. The second-order valence-corrected chi connectivity index (χ2v) is 4.66. The van der Waals surface area contributed by atoms with Crippen LogP contribution in [-0.2, 0) is 0 Å². The van der Waals surface area contributed by atoms with Gasteiger partial charge in [-0.25, -0.2) is 9.07 Å².